The highest BCUT2D eigenvalue weighted by molar-refractivity contribution is 7.99. The molecule has 3 heteroatoms. The van der Waals surface area contributed by atoms with E-state index in [0.29, 0.717) is 0 Å². The average molecular weight is 481 g/mol. The van der Waals surface area contributed by atoms with Crippen LogP contribution in [-0.2, 0) is 5.41 Å². The Bertz CT molecular complexity index is 1790. The Morgan fingerprint density at radius 2 is 1.11 bits per heavy atom. The lowest BCUT2D eigenvalue weighted by Crippen LogP contribution is -2.23. The molecule has 4 aromatic carbocycles. The first kappa shape index (κ1) is 21.3. The molecule has 0 bridgehead atoms. The van der Waals surface area contributed by atoms with Crippen LogP contribution < -0.4 is 0 Å². The van der Waals surface area contributed by atoms with E-state index in [1.807, 2.05) is 17.8 Å². The molecule has 0 unspecified atom stereocenters. The second kappa shape index (κ2) is 8.04. The van der Waals surface area contributed by atoms with Crippen LogP contribution in [0.1, 0.15) is 25.0 Å². The van der Waals surface area contributed by atoms with Crippen molar-refractivity contribution in [3.63, 3.8) is 0 Å². The molecule has 2 nitrogen and oxygen atoms in total. The van der Waals surface area contributed by atoms with Gasteiger partial charge in [-0.05, 0) is 35.4 Å². The highest BCUT2D eigenvalue weighted by Gasteiger charge is 2.32. The third kappa shape index (κ3) is 3.35. The Kier molecular flexibility index (Phi) is 4.77. The predicted octanol–water partition coefficient (Wildman–Crippen LogP) is 8.91. The first-order chi connectivity index (χ1) is 17.6. The SMILES string of the molecule is CC1(C)c2ccccc2Sc2cc(-c3ccc4ccc5ccc(-c6ccccc6)nc5c4n3)ccc21. The van der Waals surface area contributed by atoms with Gasteiger partial charge in [-0.2, -0.15) is 0 Å². The van der Waals surface area contributed by atoms with Crippen molar-refractivity contribution in [2.24, 2.45) is 0 Å². The third-order valence-corrected chi connectivity index (χ3v) is 8.45. The van der Waals surface area contributed by atoms with Crippen molar-refractivity contribution >= 4 is 33.6 Å². The van der Waals surface area contributed by atoms with E-state index in [4.69, 9.17) is 9.97 Å². The molecule has 0 spiro atoms. The van der Waals surface area contributed by atoms with Gasteiger partial charge >= 0.3 is 0 Å². The summed E-state index contributed by atoms with van der Waals surface area (Å²) in [6.07, 6.45) is 0. The summed E-state index contributed by atoms with van der Waals surface area (Å²) in [5, 5.41) is 2.21. The summed E-state index contributed by atoms with van der Waals surface area (Å²) in [4.78, 5) is 12.9. The monoisotopic (exact) mass is 480 g/mol. The van der Waals surface area contributed by atoms with Gasteiger partial charge in [0.15, 0.2) is 0 Å². The van der Waals surface area contributed by atoms with Crippen molar-refractivity contribution in [2.45, 2.75) is 29.1 Å². The Balaban J connectivity index is 1.37. The van der Waals surface area contributed by atoms with Gasteiger partial charge in [-0.25, -0.2) is 9.97 Å². The maximum atomic E-state index is 5.17. The molecule has 2 aromatic heterocycles. The van der Waals surface area contributed by atoms with Gasteiger partial charge in [-0.1, -0.05) is 111 Å². The van der Waals surface area contributed by atoms with Crippen molar-refractivity contribution in [1.82, 2.24) is 9.97 Å². The smallest absolute Gasteiger partial charge is 0.0972 e. The van der Waals surface area contributed by atoms with E-state index in [1.54, 1.807) is 0 Å². The van der Waals surface area contributed by atoms with Crippen molar-refractivity contribution in [3.05, 3.63) is 120 Å². The fourth-order valence-corrected chi connectivity index (χ4v) is 6.75. The van der Waals surface area contributed by atoms with Crippen LogP contribution in [0.5, 0.6) is 0 Å². The van der Waals surface area contributed by atoms with Crippen LogP contribution in [0.3, 0.4) is 0 Å². The van der Waals surface area contributed by atoms with Gasteiger partial charge in [0.25, 0.3) is 0 Å². The fourth-order valence-electron chi connectivity index (χ4n) is 5.32. The number of rotatable bonds is 2. The molecule has 3 heterocycles. The van der Waals surface area contributed by atoms with Crippen molar-refractivity contribution in [1.29, 1.82) is 0 Å². The second-order valence-corrected chi connectivity index (χ2v) is 11.0. The molecular weight excluding hydrogens is 456 g/mol. The predicted molar refractivity (Wildman–Crippen MR) is 151 cm³/mol. The minimum absolute atomic E-state index is 0.0273. The van der Waals surface area contributed by atoms with Gasteiger partial charge in [0.2, 0.25) is 0 Å². The molecule has 0 saturated heterocycles. The molecule has 0 aliphatic carbocycles. The molecule has 36 heavy (non-hydrogen) atoms. The van der Waals surface area contributed by atoms with Crippen LogP contribution in [-0.4, -0.2) is 9.97 Å². The zero-order valence-electron chi connectivity index (χ0n) is 20.2. The van der Waals surface area contributed by atoms with Gasteiger partial charge in [0.1, 0.15) is 0 Å². The molecule has 0 amide bonds. The lowest BCUT2D eigenvalue weighted by molar-refractivity contribution is 0.607. The van der Waals surface area contributed by atoms with Crippen LogP contribution in [0, 0.1) is 0 Å². The quantitative estimate of drug-likeness (QED) is 0.231. The first-order valence-electron chi connectivity index (χ1n) is 12.3. The summed E-state index contributed by atoms with van der Waals surface area (Å²) >= 11 is 1.86. The Morgan fingerprint density at radius 3 is 1.83 bits per heavy atom. The molecule has 0 radical (unpaired) electrons. The third-order valence-electron chi connectivity index (χ3n) is 7.32. The summed E-state index contributed by atoms with van der Waals surface area (Å²) in [7, 11) is 0. The van der Waals surface area contributed by atoms with E-state index in [0.717, 1.165) is 44.3 Å². The van der Waals surface area contributed by atoms with Gasteiger partial charge in [0.05, 0.1) is 22.4 Å². The van der Waals surface area contributed by atoms with E-state index in [2.05, 4.69) is 117 Å². The molecule has 0 saturated carbocycles. The van der Waals surface area contributed by atoms with Crippen LogP contribution in [0.15, 0.2) is 119 Å². The normalized spacial score (nSPS) is 13.9. The molecule has 172 valence electrons. The van der Waals surface area contributed by atoms with E-state index >= 15 is 0 Å². The Labute approximate surface area is 215 Å². The Hall–Kier alpha value is -3.95. The van der Waals surface area contributed by atoms with Crippen LogP contribution in [0.4, 0.5) is 0 Å². The van der Waals surface area contributed by atoms with Crippen molar-refractivity contribution in [3.8, 4) is 22.5 Å². The number of aromatic nitrogens is 2. The standard InChI is InChI=1S/C33H24N2S/c1-33(2)25-10-6-7-11-29(25)36-30-20-24(14-17-26(30)33)28-19-16-23-13-12-22-15-18-27(21-8-4-3-5-9-21)34-31(22)32(23)35-28/h3-20H,1-2H3. The first-order valence-corrected chi connectivity index (χ1v) is 13.1. The minimum Gasteiger partial charge on any atom is -0.245 e. The number of hydrogen-bond donors (Lipinski definition) is 0. The van der Waals surface area contributed by atoms with E-state index in [1.165, 1.54) is 20.9 Å². The largest absolute Gasteiger partial charge is 0.245 e. The molecule has 1 aliphatic heterocycles. The van der Waals surface area contributed by atoms with Crippen LogP contribution in [0.2, 0.25) is 0 Å². The summed E-state index contributed by atoms with van der Waals surface area (Å²) in [5.74, 6) is 0. The molecule has 0 fully saturated rings. The second-order valence-electron chi connectivity index (χ2n) is 9.90. The topological polar surface area (TPSA) is 25.8 Å². The zero-order chi connectivity index (χ0) is 24.3. The lowest BCUT2D eigenvalue weighted by atomic mass is 9.77. The van der Waals surface area contributed by atoms with Crippen LogP contribution in [0.25, 0.3) is 44.3 Å². The summed E-state index contributed by atoms with van der Waals surface area (Å²) < 4.78 is 0. The van der Waals surface area contributed by atoms with E-state index in [9.17, 15) is 0 Å². The van der Waals surface area contributed by atoms with Gasteiger partial charge < -0.3 is 0 Å². The minimum atomic E-state index is -0.0273. The number of benzene rings is 4. The maximum absolute atomic E-state index is 5.17. The molecular formula is C33H24N2S. The van der Waals surface area contributed by atoms with E-state index in [-0.39, 0.29) is 5.41 Å². The number of hydrogen-bond acceptors (Lipinski definition) is 3. The zero-order valence-corrected chi connectivity index (χ0v) is 21.0. The highest BCUT2D eigenvalue weighted by atomic mass is 32.2. The molecule has 0 atom stereocenters. The van der Waals surface area contributed by atoms with Crippen LogP contribution >= 0.6 is 11.8 Å². The van der Waals surface area contributed by atoms with Gasteiger partial charge in [-0.3, -0.25) is 0 Å². The van der Waals surface area contributed by atoms with Crippen molar-refractivity contribution in [2.75, 3.05) is 0 Å². The van der Waals surface area contributed by atoms with E-state index < -0.39 is 0 Å². The fraction of sp³-hybridized carbons (Fsp3) is 0.0909. The maximum Gasteiger partial charge on any atom is 0.0972 e. The molecule has 6 aromatic rings. The van der Waals surface area contributed by atoms with Gasteiger partial charge in [-0.15, -0.1) is 0 Å². The molecule has 0 N–H and O–H groups in total. The average Bonchev–Trinajstić information content (AvgIpc) is 2.92. The Morgan fingerprint density at radius 1 is 0.528 bits per heavy atom. The van der Waals surface area contributed by atoms with Crippen molar-refractivity contribution < 1.29 is 0 Å². The number of nitrogens with zero attached hydrogens (tertiary/aromatic N) is 2. The molecule has 7 rings (SSSR count). The lowest BCUT2D eigenvalue weighted by Gasteiger charge is -2.34. The number of pyridine rings is 2. The number of fused-ring (bicyclic) bond motifs is 5. The summed E-state index contributed by atoms with van der Waals surface area (Å²) in [6, 6.07) is 38.7. The summed E-state index contributed by atoms with van der Waals surface area (Å²) in [6.45, 7) is 4.64. The highest BCUT2D eigenvalue weighted by Crippen LogP contribution is 2.49. The summed E-state index contributed by atoms with van der Waals surface area (Å²) in [5.41, 5.74) is 8.81. The molecule has 1 aliphatic rings. The van der Waals surface area contributed by atoms with Gasteiger partial charge in [0, 0.05) is 37.1 Å².